The summed E-state index contributed by atoms with van der Waals surface area (Å²) in [5.74, 6) is -0.157. The van der Waals surface area contributed by atoms with Crippen molar-refractivity contribution in [2.75, 3.05) is 7.05 Å². The molecule has 2 aromatic heterocycles. The van der Waals surface area contributed by atoms with Crippen molar-refractivity contribution in [3.63, 3.8) is 0 Å². The molecule has 0 N–H and O–H groups in total. The standard InChI is InChI=1S/C12H16ClN5O/c1-4-18-11(10(13)7-14-18)12(19)16(2)8-9-5-6-17(3)15-9/h5-7H,4,8H2,1-3H3. The van der Waals surface area contributed by atoms with E-state index in [2.05, 4.69) is 10.2 Å². The van der Waals surface area contributed by atoms with E-state index in [9.17, 15) is 4.79 Å². The summed E-state index contributed by atoms with van der Waals surface area (Å²) in [6.07, 6.45) is 3.34. The van der Waals surface area contributed by atoms with Gasteiger partial charge < -0.3 is 4.90 Å². The van der Waals surface area contributed by atoms with Crippen molar-refractivity contribution >= 4 is 17.5 Å². The van der Waals surface area contributed by atoms with Gasteiger partial charge in [-0.2, -0.15) is 10.2 Å². The van der Waals surface area contributed by atoms with E-state index < -0.39 is 0 Å². The summed E-state index contributed by atoms with van der Waals surface area (Å²) in [7, 11) is 3.56. The average Bonchev–Trinajstić information content (AvgIpc) is 2.94. The normalized spacial score (nSPS) is 10.7. The van der Waals surface area contributed by atoms with E-state index >= 15 is 0 Å². The van der Waals surface area contributed by atoms with Gasteiger partial charge >= 0.3 is 0 Å². The lowest BCUT2D eigenvalue weighted by Crippen LogP contribution is -2.29. The summed E-state index contributed by atoms with van der Waals surface area (Å²) in [4.78, 5) is 13.9. The molecule has 0 aliphatic rings. The fourth-order valence-electron chi connectivity index (χ4n) is 1.86. The lowest BCUT2D eigenvalue weighted by molar-refractivity contribution is 0.0771. The Balaban J connectivity index is 2.16. The molecule has 0 radical (unpaired) electrons. The monoisotopic (exact) mass is 281 g/mol. The number of rotatable bonds is 4. The third-order valence-corrected chi connectivity index (χ3v) is 3.09. The Labute approximate surface area is 116 Å². The molecule has 2 rings (SSSR count). The van der Waals surface area contributed by atoms with Gasteiger partial charge in [-0.1, -0.05) is 11.6 Å². The van der Waals surface area contributed by atoms with Crippen molar-refractivity contribution in [2.24, 2.45) is 7.05 Å². The zero-order chi connectivity index (χ0) is 14.0. The van der Waals surface area contributed by atoms with Crippen molar-refractivity contribution in [2.45, 2.75) is 20.0 Å². The van der Waals surface area contributed by atoms with Crippen molar-refractivity contribution in [1.82, 2.24) is 24.5 Å². The number of carbonyl (C=O) groups excluding carboxylic acids is 1. The van der Waals surface area contributed by atoms with Gasteiger partial charge in [-0.05, 0) is 13.0 Å². The molecule has 19 heavy (non-hydrogen) atoms. The molecule has 102 valence electrons. The molecule has 0 aliphatic heterocycles. The van der Waals surface area contributed by atoms with Gasteiger partial charge in [0.05, 0.1) is 23.5 Å². The third kappa shape index (κ3) is 2.78. The predicted molar refractivity (Wildman–Crippen MR) is 71.9 cm³/mol. The molecule has 2 aromatic rings. The molecule has 2 heterocycles. The number of carbonyl (C=O) groups is 1. The molecular weight excluding hydrogens is 266 g/mol. The number of hydrogen-bond donors (Lipinski definition) is 0. The van der Waals surface area contributed by atoms with E-state index in [0.717, 1.165) is 5.69 Å². The summed E-state index contributed by atoms with van der Waals surface area (Å²) in [5.41, 5.74) is 1.25. The van der Waals surface area contributed by atoms with Crippen molar-refractivity contribution < 1.29 is 4.79 Å². The highest BCUT2D eigenvalue weighted by atomic mass is 35.5. The minimum atomic E-state index is -0.157. The Morgan fingerprint density at radius 3 is 2.84 bits per heavy atom. The van der Waals surface area contributed by atoms with Gasteiger partial charge in [-0.3, -0.25) is 14.2 Å². The lowest BCUT2D eigenvalue weighted by atomic mass is 10.3. The van der Waals surface area contributed by atoms with Gasteiger partial charge in [0.1, 0.15) is 5.69 Å². The van der Waals surface area contributed by atoms with Crippen molar-refractivity contribution in [1.29, 1.82) is 0 Å². The third-order valence-electron chi connectivity index (χ3n) is 2.81. The van der Waals surface area contributed by atoms with Crippen molar-refractivity contribution in [3.8, 4) is 0 Å². The minimum Gasteiger partial charge on any atom is -0.334 e. The Morgan fingerprint density at radius 1 is 1.53 bits per heavy atom. The lowest BCUT2D eigenvalue weighted by Gasteiger charge is -2.16. The summed E-state index contributed by atoms with van der Waals surface area (Å²) >= 11 is 6.02. The maximum atomic E-state index is 12.4. The first-order chi connectivity index (χ1) is 9.02. The minimum absolute atomic E-state index is 0.157. The van der Waals surface area contributed by atoms with E-state index in [1.54, 1.807) is 21.3 Å². The zero-order valence-electron chi connectivity index (χ0n) is 11.2. The Kier molecular flexibility index (Phi) is 3.90. The molecule has 0 spiro atoms. The maximum Gasteiger partial charge on any atom is 0.273 e. The van der Waals surface area contributed by atoms with Crippen LogP contribution in [0.2, 0.25) is 5.02 Å². The Morgan fingerprint density at radius 2 is 2.26 bits per heavy atom. The highest BCUT2D eigenvalue weighted by Gasteiger charge is 2.21. The van der Waals surface area contributed by atoms with Crippen LogP contribution in [0.1, 0.15) is 23.1 Å². The Hall–Kier alpha value is -1.82. The number of aromatic nitrogens is 4. The first kappa shape index (κ1) is 13.6. The molecule has 0 aromatic carbocycles. The summed E-state index contributed by atoms with van der Waals surface area (Å²) in [6.45, 7) is 2.95. The smallest absolute Gasteiger partial charge is 0.273 e. The highest BCUT2D eigenvalue weighted by Crippen LogP contribution is 2.17. The van der Waals surface area contributed by atoms with Crippen LogP contribution < -0.4 is 0 Å². The molecule has 1 amide bonds. The summed E-state index contributed by atoms with van der Waals surface area (Å²) in [5, 5.41) is 8.69. The number of aryl methyl sites for hydroxylation is 2. The van der Waals surface area contributed by atoms with E-state index in [0.29, 0.717) is 23.8 Å². The number of amides is 1. The maximum absolute atomic E-state index is 12.4. The summed E-state index contributed by atoms with van der Waals surface area (Å²) in [6, 6.07) is 1.88. The molecule has 0 bridgehead atoms. The number of nitrogens with zero attached hydrogens (tertiary/aromatic N) is 5. The van der Waals surface area contributed by atoms with E-state index in [1.165, 1.54) is 6.20 Å². The van der Waals surface area contributed by atoms with Crippen LogP contribution in [-0.4, -0.2) is 37.4 Å². The van der Waals surface area contributed by atoms with Gasteiger partial charge in [-0.15, -0.1) is 0 Å². The molecule has 0 saturated heterocycles. The molecule has 7 heteroatoms. The van der Waals surface area contributed by atoms with Crippen LogP contribution >= 0.6 is 11.6 Å². The van der Waals surface area contributed by atoms with E-state index in [1.807, 2.05) is 26.2 Å². The molecule has 0 atom stereocenters. The number of hydrogen-bond acceptors (Lipinski definition) is 3. The quantitative estimate of drug-likeness (QED) is 0.855. The fourth-order valence-corrected chi connectivity index (χ4v) is 2.08. The average molecular weight is 282 g/mol. The second kappa shape index (κ2) is 5.44. The molecule has 0 unspecified atom stereocenters. The highest BCUT2D eigenvalue weighted by molar-refractivity contribution is 6.33. The Bertz CT molecular complexity index is 589. The second-order valence-electron chi connectivity index (χ2n) is 4.30. The van der Waals surface area contributed by atoms with Crippen LogP contribution in [0.4, 0.5) is 0 Å². The molecule has 0 fully saturated rings. The molecular formula is C12H16ClN5O. The van der Waals surface area contributed by atoms with Crippen LogP contribution in [0.15, 0.2) is 18.5 Å². The largest absolute Gasteiger partial charge is 0.334 e. The molecule has 0 saturated carbocycles. The molecule has 0 aliphatic carbocycles. The molecule has 6 nitrogen and oxygen atoms in total. The van der Waals surface area contributed by atoms with Crippen LogP contribution in [0, 0.1) is 0 Å². The van der Waals surface area contributed by atoms with E-state index in [4.69, 9.17) is 11.6 Å². The van der Waals surface area contributed by atoms with Gasteiger partial charge in [-0.25, -0.2) is 0 Å². The van der Waals surface area contributed by atoms with Crippen LogP contribution in [-0.2, 0) is 20.1 Å². The van der Waals surface area contributed by atoms with E-state index in [-0.39, 0.29) is 5.91 Å². The fraction of sp³-hybridized carbons (Fsp3) is 0.417. The first-order valence-corrected chi connectivity index (χ1v) is 6.36. The predicted octanol–water partition coefficient (Wildman–Crippen LogP) is 1.56. The van der Waals surface area contributed by atoms with Gasteiger partial charge in [0, 0.05) is 26.8 Å². The first-order valence-electron chi connectivity index (χ1n) is 5.98. The van der Waals surface area contributed by atoms with Crippen LogP contribution in [0.5, 0.6) is 0 Å². The van der Waals surface area contributed by atoms with Crippen LogP contribution in [0.25, 0.3) is 0 Å². The van der Waals surface area contributed by atoms with Gasteiger partial charge in [0.2, 0.25) is 0 Å². The van der Waals surface area contributed by atoms with Gasteiger partial charge in [0.15, 0.2) is 0 Å². The second-order valence-corrected chi connectivity index (χ2v) is 4.71. The topological polar surface area (TPSA) is 56.0 Å². The van der Waals surface area contributed by atoms with Gasteiger partial charge in [0.25, 0.3) is 5.91 Å². The van der Waals surface area contributed by atoms with Crippen LogP contribution in [0.3, 0.4) is 0 Å². The zero-order valence-corrected chi connectivity index (χ0v) is 11.9. The SMILES string of the molecule is CCn1ncc(Cl)c1C(=O)N(C)Cc1ccn(C)n1. The number of halogens is 1. The van der Waals surface area contributed by atoms with Crippen molar-refractivity contribution in [3.05, 3.63) is 34.9 Å². The summed E-state index contributed by atoms with van der Waals surface area (Å²) < 4.78 is 3.30.